The van der Waals surface area contributed by atoms with E-state index < -0.39 is 28.9 Å². The van der Waals surface area contributed by atoms with Gasteiger partial charge in [-0.3, -0.25) is 0 Å². The molecule has 41 heavy (non-hydrogen) atoms. The maximum Gasteiger partial charge on any atom is 0.411 e. The summed E-state index contributed by atoms with van der Waals surface area (Å²) >= 11 is 0. The van der Waals surface area contributed by atoms with Crippen LogP contribution in [0.5, 0.6) is 23.0 Å². The normalized spacial score (nSPS) is 12.3. The lowest BCUT2D eigenvalue weighted by Crippen LogP contribution is -2.54. The number of ether oxygens (including phenoxy) is 2. The van der Waals surface area contributed by atoms with E-state index in [-0.39, 0.29) is 11.5 Å². The van der Waals surface area contributed by atoms with Crippen LogP contribution in [0.4, 0.5) is 37.7 Å². The van der Waals surface area contributed by atoms with E-state index in [2.05, 4.69) is 0 Å². The molecule has 0 bridgehead atoms. The van der Waals surface area contributed by atoms with Gasteiger partial charge in [0.1, 0.15) is 23.0 Å². The van der Waals surface area contributed by atoms with Crippen LogP contribution in [-0.2, 0) is 5.41 Å². The summed E-state index contributed by atoms with van der Waals surface area (Å²) in [5.74, 6) is 0.825. The molecule has 0 saturated heterocycles. The second-order valence-electron chi connectivity index (χ2n) is 9.94. The third-order valence-electron chi connectivity index (χ3n) is 7.03. The number of anilines is 2. The van der Waals surface area contributed by atoms with Gasteiger partial charge in [0.05, 0.1) is 0 Å². The number of rotatable bonds is 6. The predicted molar refractivity (Wildman–Crippen MR) is 147 cm³/mol. The molecule has 0 saturated carbocycles. The van der Waals surface area contributed by atoms with Gasteiger partial charge in [-0.05, 0) is 110 Å². The Bertz CT molecular complexity index is 1400. The minimum Gasteiger partial charge on any atom is -0.457 e. The highest BCUT2D eigenvalue weighted by atomic mass is 19.4. The molecule has 4 aromatic carbocycles. The molecular weight excluding hydrogens is 546 g/mol. The number of benzene rings is 4. The molecule has 0 amide bonds. The third kappa shape index (κ3) is 5.51. The lowest BCUT2D eigenvalue weighted by atomic mass is 9.73. The Morgan fingerprint density at radius 2 is 0.732 bits per heavy atom. The molecule has 216 valence electrons. The van der Waals surface area contributed by atoms with Crippen molar-refractivity contribution in [1.82, 2.24) is 0 Å². The zero-order chi connectivity index (χ0) is 30.3. The molecule has 0 aliphatic carbocycles. The number of nitrogens with two attached hydrogens (primary N) is 2. The van der Waals surface area contributed by atoms with Gasteiger partial charge in [-0.1, -0.05) is 24.3 Å². The van der Waals surface area contributed by atoms with E-state index in [0.717, 1.165) is 70.8 Å². The van der Waals surface area contributed by atoms with Crippen LogP contribution in [0.1, 0.15) is 33.4 Å². The summed E-state index contributed by atoms with van der Waals surface area (Å²) in [6, 6.07) is 13.9. The van der Waals surface area contributed by atoms with E-state index in [9.17, 15) is 26.3 Å². The first kappa shape index (κ1) is 29.6. The van der Waals surface area contributed by atoms with Crippen molar-refractivity contribution in [2.45, 2.75) is 45.5 Å². The number of alkyl halides is 6. The summed E-state index contributed by atoms with van der Waals surface area (Å²) in [6.07, 6.45) is -11.5. The van der Waals surface area contributed by atoms with Crippen molar-refractivity contribution in [2.75, 3.05) is 11.5 Å². The number of nitrogen functional groups attached to an aromatic ring is 2. The smallest absolute Gasteiger partial charge is 0.411 e. The second-order valence-corrected chi connectivity index (χ2v) is 9.94. The van der Waals surface area contributed by atoms with Crippen LogP contribution >= 0.6 is 0 Å². The largest absolute Gasteiger partial charge is 0.457 e. The van der Waals surface area contributed by atoms with Crippen molar-refractivity contribution >= 4 is 11.4 Å². The minimum absolute atomic E-state index is 0.0633. The van der Waals surface area contributed by atoms with Crippen molar-refractivity contribution in [3.05, 3.63) is 106 Å². The first-order valence-electron chi connectivity index (χ1n) is 12.5. The molecule has 0 atom stereocenters. The van der Waals surface area contributed by atoms with E-state index >= 15 is 0 Å². The van der Waals surface area contributed by atoms with Gasteiger partial charge in [0.2, 0.25) is 5.41 Å². The average molecular weight is 575 g/mol. The average Bonchev–Trinajstić information content (AvgIpc) is 2.86. The van der Waals surface area contributed by atoms with Gasteiger partial charge in [0, 0.05) is 11.4 Å². The Hall–Kier alpha value is -4.34. The molecule has 0 heterocycles. The fraction of sp³-hybridized carbons (Fsp3) is 0.226. The fourth-order valence-electron chi connectivity index (χ4n) is 4.79. The molecule has 0 fully saturated rings. The van der Waals surface area contributed by atoms with Gasteiger partial charge in [-0.25, -0.2) is 0 Å². The van der Waals surface area contributed by atoms with Crippen LogP contribution in [0.2, 0.25) is 0 Å². The summed E-state index contributed by atoms with van der Waals surface area (Å²) in [7, 11) is 0. The number of halogens is 6. The van der Waals surface area contributed by atoms with Crippen molar-refractivity contribution in [3.8, 4) is 23.0 Å². The molecule has 10 heteroatoms. The van der Waals surface area contributed by atoms with E-state index in [0.29, 0.717) is 22.9 Å². The molecule has 4 rings (SSSR count). The highest BCUT2D eigenvalue weighted by Crippen LogP contribution is 2.56. The highest BCUT2D eigenvalue weighted by Gasteiger charge is 2.72. The lowest BCUT2D eigenvalue weighted by molar-refractivity contribution is -0.288. The van der Waals surface area contributed by atoms with Gasteiger partial charge in [-0.15, -0.1) is 0 Å². The van der Waals surface area contributed by atoms with Crippen molar-refractivity contribution in [2.24, 2.45) is 0 Å². The summed E-state index contributed by atoms with van der Waals surface area (Å²) in [5, 5.41) is 0. The SMILES string of the molecule is Cc1cc(Oc2ccc(C(c3ccc(Oc4cc(C)c(N)c(C)c4)cc3)(C(F)(F)F)C(F)(F)F)cc2)cc(C)c1N. The van der Waals surface area contributed by atoms with Crippen molar-refractivity contribution in [1.29, 1.82) is 0 Å². The number of hydrogen-bond acceptors (Lipinski definition) is 4. The summed E-state index contributed by atoms with van der Waals surface area (Å²) < 4.78 is 98.9. The van der Waals surface area contributed by atoms with E-state index in [4.69, 9.17) is 20.9 Å². The van der Waals surface area contributed by atoms with Crippen LogP contribution in [0.3, 0.4) is 0 Å². The van der Waals surface area contributed by atoms with Gasteiger partial charge in [0.15, 0.2) is 0 Å². The summed E-state index contributed by atoms with van der Waals surface area (Å²) in [5.41, 5.74) is 9.55. The molecule has 0 aromatic heterocycles. The van der Waals surface area contributed by atoms with Gasteiger partial charge < -0.3 is 20.9 Å². The van der Waals surface area contributed by atoms with E-state index in [1.807, 2.05) is 0 Å². The minimum atomic E-state index is -5.73. The van der Waals surface area contributed by atoms with Crippen LogP contribution in [0.25, 0.3) is 0 Å². The summed E-state index contributed by atoms with van der Waals surface area (Å²) in [6.45, 7) is 7.03. The fourth-order valence-corrected chi connectivity index (χ4v) is 4.79. The monoisotopic (exact) mass is 574 g/mol. The standard InChI is InChI=1S/C31H28F6N2O2/c1-17-13-25(14-18(2)27(17)38)40-23-9-5-21(6-10-23)29(30(32,33)34,31(35,36)37)22-7-11-24(12-8-22)41-26-15-19(3)28(39)20(4)16-26/h5-16H,38-39H2,1-4H3. The molecule has 0 aliphatic rings. The lowest BCUT2D eigenvalue weighted by Gasteiger charge is -2.38. The van der Waals surface area contributed by atoms with Crippen LogP contribution in [-0.4, -0.2) is 12.4 Å². The molecular formula is C31H28F6N2O2. The van der Waals surface area contributed by atoms with Crippen LogP contribution in [0.15, 0.2) is 72.8 Å². The Kier molecular flexibility index (Phi) is 7.64. The Morgan fingerprint density at radius 3 is 0.976 bits per heavy atom. The predicted octanol–water partition coefficient (Wildman–Crippen LogP) is 9.08. The van der Waals surface area contributed by atoms with Gasteiger partial charge in [-0.2, -0.15) is 26.3 Å². The zero-order valence-corrected chi connectivity index (χ0v) is 22.7. The Morgan fingerprint density at radius 1 is 0.463 bits per heavy atom. The Balaban J connectivity index is 1.72. The quantitative estimate of drug-likeness (QED) is 0.178. The second kappa shape index (κ2) is 10.6. The zero-order valence-electron chi connectivity index (χ0n) is 22.7. The van der Waals surface area contributed by atoms with E-state index in [1.54, 1.807) is 52.0 Å². The first-order valence-corrected chi connectivity index (χ1v) is 12.5. The first-order chi connectivity index (χ1) is 19.0. The number of hydrogen-bond donors (Lipinski definition) is 2. The van der Waals surface area contributed by atoms with Gasteiger partial charge >= 0.3 is 12.4 Å². The third-order valence-corrected chi connectivity index (χ3v) is 7.03. The molecule has 0 radical (unpaired) electrons. The molecule has 4 nitrogen and oxygen atoms in total. The summed E-state index contributed by atoms with van der Waals surface area (Å²) in [4.78, 5) is 0. The maximum absolute atomic E-state index is 14.6. The van der Waals surface area contributed by atoms with Crippen LogP contribution < -0.4 is 20.9 Å². The highest BCUT2D eigenvalue weighted by molar-refractivity contribution is 5.58. The van der Waals surface area contributed by atoms with Crippen LogP contribution in [0, 0.1) is 27.7 Å². The van der Waals surface area contributed by atoms with Gasteiger partial charge in [0.25, 0.3) is 0 Å². The molecule has 4 N–H and O–H groups in total. The molecule has 0 spiro atoms. The van der Waals surface area contributed by atoms with E-state index in [1.165, 1.54) is 0 Å². The number of aryl methyl sites for hydroxylation is 4. The van der Waals surface area contributed by atoms with Crippen molar-refractivity contribution < 1.29 is 35.8 Å². The molecule has 4 aromatic rings. The Labute approximate surface area is 233 Å². The molecule has 0 unspecified atom stereocenters. The maximum atomic E-state index is 14.6. The van der Waals surface area contributed by atoms with Crippen molar-refractivity contribution in [3.63, 3.8) is 0 Å². The topological polar surface area (TPSA) is 70.5 Å². The molecule has 0 aliphatic heterocycles.